The molecule has 0 aromatic carbocycles. The zero-order chi connectivity index (χ0) is 11.1. The number of carbonyl (C=O) groups excluding carboxylic acids is 1. The number of hydrogen-bond acceptors (Lipinski definition) is 2. The number of ether oxygens (including phenoxy) is 1. The fourth-order valence-corrected chi connectivity index (χ4v) is 2.05. The second-order valence-corrected chi connectivity index (χ2v) is 4.25. The van der Waals surface area contributed by atoms with Gasteiger partial charge in [-0.2, -0.15) is 0 Å². The van der Waals surface area contributed by atoms with E-state index in [1.165, 1.54) is 6.42 Å². The standard InChI is InChI=1S/C12H23NO2/c1-3-4-8-11(15-2)12(14)13-9-6-5-7-10-13/h11H,3-10H2,1-2H3. The lowest BCUT2D eigenvalue weighted by atomic mass is 10.1. The van der Waals surface area contributed by atoms with Crippen molar-refractivity contribution in [2.75, 3.05) is 20.2 Å². The third kappa shape index (κ3) is 3.82. The van der Waals surface area contributed by atoms with Crippen molar-refractivity contribution in [3.05, 3.63) is 0 Å². The van der Waals surface area contributed by atoms with E-state index in [1.54, 1.807) is 7.11 Å². The van der Waals surface area contributed by atoms with Gasteiger partial charge in [-0.15, -0.1) is 0 Å². The summed E-state index contributed by atoms with van der Waals surface area (Å²) in [6.45, 7) is 3.98. The van der Waals surface area contributed by atoms with Gasteiger partial charge in [-0.25, -0.2) is 0 Å². The molecular weight excluding hydrogens is 190 g/mol. The Hall–Kier alpha value is -0.570. The number of amides is 1. The molecule has 0 aliphatic carbocycles. The Balaban J connectivity index is 2.40. The van der Waals surface area contributed by atoms with Gasteiger partial charge in [0.05, 0.1) is 0 Å². The molecule has 0 aromatic heterocycles. The summed E-state index contributed by atoms with van der Waals surface area (Å²) in [6.07, 6.45) is 6.40. The van der Waals surface area contributed by atoms with Gasteiger partial charge in [-0.05, 0) is 25.7 Å². The van der Waals surface area contributed by atoms with Crippen LogP contribution in [0.15, 0.2) is 0 Å². The van der Waals surface area contributed by atoms with E-state index in [9.17, 15) is 4.79 Å². The van der Waals surface area contributed by atoms with Crippen LogP contribution in [0.1, 0.15) is 45.4 Å². The Morgan fingerprint density at radius 2 is 2.00 bits per heavy atom. The summed E-state index contributed by atoms with van der Waals surface area (Å²) in [7, 11) is 1.64. The van der Waals surface area contributed by atoms with Crippen LogP contribution in [0.5, 0.6) is 0 Å². The molecule has 1 saturated heterocycles. The van der Waals surface area contributed by atoms with Crippen LogP contribution < -0.4 is 0 Å². The normalized spacial score (nSPS) is 18.9. The zero-order valence-corrected chi connectivity index (χ0v) is 10.00. The number of rotatable bonds is 5. The summed E-state index contributed by atoms with van der Waals surface area (Å²) in [6, 6.07) is 0. The molecular formula is C12H23NO2. The molecule has 3 heteroatoms. The highest BCUT2D eigenvalue weighted by Crippen LogP contribution is 2.13. The van der Waals surface area contributed by atoms with Gasteiger partial charge in [0.15, 0.2) is 0 Å². The van der Waals surface area contributed by atoms with Crippen LogP contribution in [0.3, 0.4) is 0 Å². The van der Waals surface area contributed by atoms with Gasteiger partial charge in [-0.3, -0.25) is 4.79 Å². The zero-order valence-electron chi connectivity index (χ0n) is 10.00. The first-order valence-electron chi connectivity index (χ1n) is 6.11. The summed E-state index contributed by atoms with van der Waals surface area (Å²) in [5, 5.41) is 0. The van der Waals surface area contributed by atoms with Crippen LogP contribution in [0.25, 0.3) is 0 Å². The Bertz CT molecular complexity index is 188. The molecule has 0 saturated carbocycles. The van der Waals surface area contributed by atoms with Crippen molar-refractivity contribution in [2.24, 2.45) is 0 Å². The molecule has 1 amide bonds. The summed E-state index contributed by atoms with van der Waals surface area (Å²) in [4.78, 5) is 14.0. The fraction of sp³-hybridized carbons (Fsp3) is 0.917. The van der Waals surface area contributed by atoms with Gasteiger partial charge < -0.3 is 9.64 Å². The molecule has 1 rings (SSSR count). The molecule has 0 bridgehead atoms. The molecule has 3 nitrogen and oxygen atoms in total. The van der Waals surface area contributed by atoms with Crippen LogP contribution >= 0.6 is 0 Å². The predicted molar refractivity (Wildman–Crippen MR) is 60.8 cm³/mol. The maximum Gasteiger partial charge on any atom is 0.251 e. The minimum atomic E-state index is -0.206. The minimum absolute atomic E-state index is 0.200. The SMILES string of the molecule is CCCCC(OC)C(=O)N1CCCCC1. The molecule has 1 heterocycles. The minimum Gasteiger partial charge on any atom is -0.372 e. The van der Waals surface area contributed by atoms with E-state index < -0.39 is 0 Å². The summed E-state index contributed by atoms with van der Waals surface area (Å²) >= 11 is 0. The number of nitrogens with zero attached hydrogens (tertiary/aromatic N) is 1. The average Bonchev–Trinajstić information content (AvgIpc) is 2.31. The first-order valence-corrected chi connectivity index (χ1v) is 6.11. The van der Waals surface area contributed by atoms with E-state index in [-0.39, 0.29) is 12.0 Å². The van der Waals surface area contributed by atoms with Gasteiger partial charge in [-0.1, -0.05) is 19.8 Å². The van der Waals surface area contributed by atoms with Crippen LogP contribution in [0.4, 0.5) is 0 Å². The highest BCUT2D eigenvalue weighted by molar-refractivity contribution is 5.81. The van der Waals surface area contributed by atoms with Crippen LogP contribution in [-0.4, -0.2) is 37.1 Å². The van der Waals surface area contributed by atoms with Crippen LogP contribution in [0, 0.1) is 0 Å². The van der Waals surface area contributed by atoms with E-state index >= 15 is 0 Å². The van der Waals surface area contributed by atoms with Gasteiger partial charge in [0.2, 0.25) is 0 Å². The van der Waals surface area contributed by atoms with Crippen molar-refractivity contribution in [2.45, 2.75) is 51.6 Å². The molecule has 0 aromatic rings. The van der Waals surface area contributed by atoms with Crippen molar-refractivity contribution in [3.63, 3.8) is 0 Å². The van der Waals surface area contributed by atoms with E-state index in [0.29, 0.717) is 0 Å². The topological polar surface area (TPSA) is 29.5 Å². The van der Waals surface area contributed by atoms with Crippen LogP contribution in [-0.2, 0) is 9.53 Å². The third-order valence-corrected chi connectivity index (χ3v) is 3.05. The largest absolute Gasteiger partial charge is 0.372 e. The van der Waals surface area contributed by atoms with Crippen LogP contribution in [0.2, 0.25) is 0 Å². The first kappa shape index (κ1) is 12.5. The van der Waals surface area contributed by atoms with E-state index in [4.69, 9.17) is 4.74 Å². The lowest BCUT2D eigenvalue weighted by Gasteiger charge is -2.29. The summed E-state index contributed by atoms with van der Waals surface area (Å²) in [5.41, 5.74) is 0. The lowest BCUT2D eigenvalue weighted by Crippen LogP contribution is -2.42. The van der Waals surface area contributed by atoms with Crippen molar-refractivity contribution in [1.29, 1.82) is 0 Å². The Labute approximate surface area is 92.8 Å². The first-order chi connectivity index (χ1) is 7.29. The molecule has 15 heavy (non-hydrogen) atoms. The number of piperidine rings is 1. The molecule has 1 atom stereocenters. The number of likely N-dealkylation sites (tertiary alicyclic amines) is 1. The lowest BCUT2D eigenvalue weighted by molar-refractivity contribution is -0.143. The molecule has 1 aliphatic rings. The second-order valence-electron chi connectivity index (χ2n) is 4.25. The second kappa shape index (κ2) is 6.83. The van der Waals surface area contributed by atoms with E-state index in [0.717, 1.165) is 45.2 Å². The monoisotopic (exact) mass is 213 g/mol. The molecule has 88 valence electrons. The number of methoxy groups -OCH3 is 1. The van der Waals surface area contributed by atoms with Crippen molar-refractivity contribution in [3.8, 4) is 0 Å². The third-order valence-electron chi connectivity index (χ3n) is 3.05. The number of carbonyl (C=O) groups is 1. The maximum absolute atomic E-state index is 12.0. The van der Waals surface area contributed by atoms with E-state index in [2.05, 4.69) is 6.92 Å². The maximum atomic E-state index is 12.0. The smallest absolute Gasteiger partial charge is 0.251 e. The molecule has 1 unspecified atom stereocenters. The van der Waals surface area contributed by atoms with Gasteiger partial charge in [0.1, 0.15) is 6.10 Å². The molecule has 0 N–H and O–H groups in total. The molecule has 1 aliphatic heterocycles. The Morgan fingerprint density at radius 1 is 1.33 bits per heavy atom. The highest BCUT2D eigenvalue weighted by atomic mass is 16.5. The predicted octanol–water partition coefficient (Wildman–Crippen LogP) is 2.20. The highest BCUT2D eigenvalue weighted by Gasteiger charge is 2.24. The van der Waals surface area contributed by atoms with Gasteiger partial charge >= 0.3 is 0 Å². The fourth-order valence-electron chi connectivity index (χ4n) is 2.05. The summed E-state index contributed by atoms with van der Waals surface area (Å²) < 4.78 is 5.28. The Morgan fingerprint density at radius 3 is 2.53 bits per heavy atom. The summed E-state index contributed by atoms with van der Waals surface area (Å²) in [5.74, 6) is 0.200. The number of hydrogen-bond donors (Lipinski definition) is 0. The molecule has 0 spiro atoms. The van der Waals surface area contributed by atoms with Crippen molar-refractivity contribution < 1.29 is 9.53 Å². The molecule has 1 fully saturated rings. The Kier molecular flexibility index (Phi) is 5.69. The quantitative estimate of drug-likeness (QED) is 0.700. The van der Waals surface area contributed by atoms with Gasteiger partial charge in [0, 0.05) is 20.2 Å². The van der Waals surface area contributed by atoms with Crippen molar-refractivity contribution >= 4 is 5.91 Å². The van der Waals surface area contributed by atoms with Crippen molar-refractivity contribution in [1.82, 2.24) is 4.90 Å². The average molecular weight is 213 g/mol. The molecule has 0 radical (unpaired) electrons. The number of unbranched alkanes of at least 4 members (excludes halogenated alkanes) is 1. The van der Waals surface area contributed by atoms with E-state index in [1.807, 2.05) is 4.90 Å². The van der Waals surface area contributed by atoms with Gasteiger partial charge in [0.25, 0.3) is 5.91 Å².